The van der Waals surface area contributed by atoms with Crippen molar-refractivity contribution in [3.05, 3.63) is 0 Å². The number of aliphatic carboxylic acids is 1. The standard InChI is InChI=1S/C12H23N3O5S/c1-2-12(10(16)17)4-7-15(8-5-12)11(18)14-6-3-9-21(13,19)20/h2-9H2,1H3,(H,14,18)(H,16,17)(H2,13,19,20). The van der Waals surface area contributed by atoms with Gasteiger partial charge in [0.2, 0.25) is 10.0 Å². The van der Waals surface area contributed by atoms with Gasteiger partial charge < -0.3 is 15.3 Å². The number of nitrogens with zero attached hydrogens (tertiary/aromatic N) is 1. The lowest BCUT2D eigenvalue weighted by atomic mass is 9.76. The monoisotopic (exact) mass is 321 g/mol. The number of carboxylic acid groups (broad SMARTS) is 1. The molecule has 1 fully saturated rings. The second kappa shape index (κ2) is 7.08. The Morgan fingerprint density at radius 2 is 1.90 bits per heavy atom. The number of hydrogen-bond acceptors (Lipinski definition) is 4. The van der Waals surface area contributed by atoms with Gasteiger partial charge in [-0.15, -0.1) is 0 Å². The second-order valence-electron chi connectivity index (χ2n) is 5.38. The highest BCUT2D eigenvalue weighted by Crippen LogP contribution is 2.35. The molecule has 0 aromatic heterocycles. The quantitative estimate of drug-likeness (QED) is 0.591. The van der Waals surface area contributed by atoms with E-state index in [-0.39, 0.29) is 24.7 Å². The van der Waals surface area contributed by atoms with E-state index < -0.39 is 21.4 Å². The van der Waals surface area contributed by atoms with E-state index in [1.54, 1.807) is 4.90 Å². The molecule has 0 aromatic carbocycles. The fourth-order valence-electron chi connectivity index (χ4n) is 2.44. The summed E-state index contributed by atoms with van der Waals surface area (Å²) in [6.45, 7) is 2.85. The summed E-state index contributed by atoms with van der Waals surface area (Å²) in [6, 6.07) is -0.292. The van der Waals surface area contributed by atoms with Crippen molar-refractivity contribution in [2.24, 2.45) is 10.6 Å². The number of hydrogen-bond donors (Lipinski definition) is 3. The number of piperidine rings is 1. The number of primary sulfonamides is 1. The first-order valence-corrected chi connectivity index (χ1v) is 8.68. The number of likely N-dealkylation sites (tertiary alicyclic amines) is 1. The van der Waals surface area contributed by atoms with Gasteiger partial charge in [-0.05, 0) is 25.7 Å². The summed E-state index contributed by atoms with van der Waals surface area (Å²) in [6.07, 6.45) is 1.67. The van der Waals surface area contributed by atoms with Crippen LogP contribution in [0.2, 0.25) is 0 Å². The van der Waals surface area contributed by atoms with Crippen molar-refractivity contribution in [1.82, 2.24) is 10.2 Å². The topological polar surface area (TPSA) is 130 Å². The van der Waals surface area contributed by atoms with E-state index in [1.165, 1.54) is 0 Å². The molecular formula is C12H23N3O5S. The molecule has 4 N–H and O–H groups in total. The number of amides is 2. The number of nitrogens with two attached hydrogens (primary N) is 1. The summed E-state index contributed by atoms with van der Waals surface area (Å²) in [5.74, 6) is -0.983. The molecule has 0 aliphatic carbocycles. The number of urea groups is 1. The lowest BCUT2D eigenvalue weighted by Gasteiger charge is -2.38. The van der Waals surface area contributed by atoms with Crippen LogP contribution in [0.25, 0.3) is 0 Å². The predicted molar refractivity (Wildman–Crippen MR) is 77.2 cm³/mol. The number of carbonyl (C=O) groups excluding carboxylic acids is 1. The van der Waals surface area contributed by atoms with Crippen LogP contribution in [-0.2, 0) is 14.8 Å². The second-order valence-corrected chi connectivity index (χ2v) is 7.11. The number of sulfonamides is 1. The van der Waals surface area contributed by atoms with E-state index in [0.29, 0.717) is 32.4 Å². The average Bonchev–Trinajstić information content (AvgIpc) is 2.42. The third-order valence-corrected chi connectivity index (χ3v) is 4.88. The van der Waals surface area contributed by atoms with Gasteiger partial charge in [0.05, 0.1) is 11.2 Å². The van der Waals surface area contributed by atoms with Gasteiger partial charge in [-0.3, -0.25) is 4.79 Å². The average molecular weight is 321 g/mol. The molecule has 1 aliphatic rings. The Hall–Kier alpha value is -1.35. The Bertz CT molecular complexity index is 483. The van der Waals surface area contributed by atoms with Gasteiger partial charge in [-0.2, -0.15) is 0 Å². The molecule has 0 saturated carbocycles. The van der Waals surface area contributed by atoms with E-state index in [2.05, 4.69) is 5.32 Å². The normalized spacial score (nSPS) is 18.3. The number of rotatable bonds is 6. The molecule has 0 atom stereocenters. The summed E-state index contributed by atoms with van der Waals surface area (Å²) < 4.78 is 21.5. The van der Waals surface area contributed by atoms with Crippen LogP contribution in [0.4, 0.5) is 4.79 Å². The van der Waals surface area contributed by atoms with Crippen LogP contribution in [0.3, 0.4) is 0 Å². The number of carboxylic acids is 1. The summed E-state index contributed by atoms with van der Waals surface area (Å²) in [5.41, 5.74) is -0.732. The highest BCUT2D eigenvalue weighted by molar-refractivity contribution is 7.89. The van der Waals surface area contributed by atoms with Gasteiger partial charge in [0.15, 0.2) is 0 Å². The third kappa shape index (κ3) is 5.16. The molecule has 1 saturated heterocycles. The maximum absolute atomic E-state index is 11.9. The highest BCUT2D eigenvalue weighted by atomic mass is 32.2. The molecule has 0 bridgehead atoms. The molecular weight excluding hydrogens is 298 g/mol. The van der Waals surface area contributed by atoms with Gasteiger partial charge >= 0.3 is 12.0 Å². The maximum atomic E-state index is 11.9. The third-order valence-electron chi connectivity index (χ3n) is 4.02. The van der Waals surface area contributed by atoms with Crippen molar-refractivity contribution in [2.75, 3.05) is 25.4 Å². The van der Waals surface area contributed by atoms with Crippen LogP contribution < -0.4 is 10.5 Å². The smallest absolute Gasteiger partial charge is 0.317 e. The van der Waals surface area contributed by atoms with E-state index in [1.807, 2.05) is 6.92 Å². The maximum Gasteiger partial charge on any atom is 0.317 e. The Kier molecular flexibility index (Phi) is 5.97. The summed E-state index contributed by atoms with van der Waals surface area (Å²) in [5, 5.41) is 16.8. The molecule has 2 amide bonds. The molecule has 1 aliphatic heterocycles. The number of nitrogens with one attached hydrogen (secondary N) is 1. The van der Waals surface area contributed by atoms with Crippen LogP contribution >= 0.6 is 0 Å². The van der Waals surface area contributed by atoms with Crippen molar-refractivity contribution in [2.45, 2.75) is 32.6 Å². The van der Waals surface area contributed by atoms with Crippen LogP contribution in [0, 0.1) is 5.41 Å². The summed E-state index contributed by atoms with van der Waals surface area (Å²) >= 11 is 0. The van der Waals surface area contributed by atoms with E-state index in [4.69, 9.17) is 5.14 Å². The lowest BCUT2D eigenvalue weighted by molar-refractivity contribution is -0.151. The minimum absolute atomic E-state index is 0.175. The van der Waals surface area contributed by atoms with E-state index in [0.717, 1.165) is 0 Å². The minimum Gasteiger partial charge on any atom is -0.481 e. The molecule has 8 nitrogen and oxygen atoms in total. The summed E-state index contributed by atoms with van der Waals surface area (Å²) in [7, 11) is -3.51. The predicted octanol–water partition coefficient (Wildman–Crippen LogP) is -0.0486. The highest BCUT2D eigenvalue weighted by Gasteiger charge is 2.40. The molecule has 0 aromatic rings. The van der Waals surface area contributed by atoms with Gasteiger partial charge in [0, 0.05) is 19.6 Å². The van der Waals surface area contributed by atoms with Gasteiger partial charge in [0.25, 0.3) is 0 Å². The zero-order valence-electron chi connectivity index (χ0n) is 12.2. The molecule has 0 spiro atoms. The Balaban J connectivity index is 2.37. The Labute approximate surface area is 124 Å². The van der Waals surface area contributed by atoms with Crippen LogP contribution in [-0.4, -0.2) is 55.8 Å². The van der Waals surface area contributed by atoms with E-state index in [9.17, 15) is 23.1 Å². The Morgan fingerprint density at radius 1 is 1.33 bits per heavy atom. The zero-order chi connectivity index (χ0) is 16.1. The Morgan fingerprint density at radius 3 is 2.33 bits per heavy atom. The molecule has 1 heterocycles. The van der Waals surface area contributed by atoms with Gasteiger partial charge in [-0.1, -0.05) is 6.92 Å². The largest absolute Gasteiger partial charge is 0.481 e. The van der Waals surface area contributed by atoms with Crippen LogP contribution in [0.15, 0.2) is 0 Å². The van der Waals surface area contributed by atoms with Crippen molar-refractivity contribution < 1.29 is 23.1 Å². The minimum atomic E-state index is -3.51. The van der Waals surface area contributed by atoms with Crippen molar-refractivity contribution in [1.29, 1.82) is 0 Å². The van der Waals surface area contributed by atoms with Crippen LogP contribution in [0.5, 0.6) is 0 Å². The lowest BCUT2D eigenvalue weighted by Crippen LogP contribution is -2.49. The molecule has 21 heavy (non-hydrogen) atoms. The van der Waals surface area contributed by atoms with Crippen LogP contribution in [0.1, 0.15) is 32.6 Å². The first-order valence-electron chi connectivity index (χ1n) is 6.97. The molecule has 122 valence electrons. The zero-order valence-corrected chi connectivity index (χ0v) is 13.0. The number of carbonyl (C=O) groups is 2. The van der Waals surface area contributed by atoms with Crippen molar-refractivity contribution >= 4 is 22.0 Å². The molecule has 0 unspecified atom stereocenters. The summed E-state index contributed by atoms with van der Waals surface area (Å²) in [4.78, 5) is 24.7. The first kappa shape index (κ1) is 17.7. The van der Waals surface area contributed by atoms with Crippen molar-refractivity contribution in [3.8, 4) is 0 Å². The SMILES string of the molecule is CCC1(C(=O)O)CCN(C(=O)NCCCS(N)(=O)=O)CC1. The molecule has 0 radical (unpaired) electrons. The van der Waals surface area contributed by atoms with Gasteiger partial charge in [-0.25, -0.2) is 18.4 Å². The fourth-order valence-corrected chi connectivity index (χ4v) is 2.98. The van der Waals surface area contributed by atoms with Crippen molar-refractivity contribution in [3.63, 3.8) is 0 Å². The van der Waals surface area contributed by atoms with E-state index >= 15 is 0 Å². The fraction of sp³-hybridized carbons (Fsp3) is 0.833. The molecule has 9 heteroatoms. The van der Waals surface area contributed by atoms with Gasteiger partial charge in [0.1, 0.15) is 0 Å². The molecule has 1 rings (SSSR count). The first-order chi connectivity index (χ1) is 9.70.